The van der Waals surface area contributed by atoms with Crippen molar-refractivity contribution in [2.24, 2.45) is 0 Å². The fourth-order valence-corrected chi connectivity index (χ4v) is 1.96. The van der Waals surface area contributed by atoms with Crippen molar-refractivity contribution in [3.05, 3.63) is 59.7 Å². The summed E-state index contributed by atoms with van der Waals surface area (Å²) in [6.07, 6.45) is 5.22. The first-order chi connectivity index (χ1) is 8.00. The number of Topliss-reactive ketones (excluding diaryl/α,β-unsaturated/α-hetero) is 1. The van der Waals surface area contributed by atoms with Gasteiger partial charge in [0.15, 0.2) is 5.78 Å². The van der Waals surface area contributed by atoms with Crippen LogP contribution in [0.2, 0.25) is 0 Å². The largest absolute Gasteiger partial charge is 0.289 e. The lowest BCUT2D eigenvalue weighted by Crippen LogP contribution is -2.28. The van der Waals surface area contributed by atoms with Gasteiger partial charge in [-0.25, -0.2) is 0 Å². The Bertz CT molecular complexity index is 486. The molecule has 1 aromatic carbocycles. The highest BCUT2D eigenvalue weighted by atomic mass is 35.5. The SMILES string of the molecule is CC1(Cl)C=CC(C(=O)c2ccccc2)=CC1Cl. The number of ketones is 1. The van der Waals surface area contributed by atoms with Gasteiger partial charge in [0, 0.05) is 11.1 Å². The summed E-state index contributed by atoms with van der Waals surface area (Å²) >= 11 is 12.3. The van der Waals surface area contributed by atoms with Crippen LogP contribution in [0.5, 0.6) is 0 Å². The van der Waals surface area contributed by atoms with Crippen LogP contribution in [0, 0.1) is 0 Å². The number of halogens is 2. The van der Waals surface area contributed by atoms with Gasteiger partial charge in [-0.1, -0.05) is 48.6 Å². The average Bonchev–Trinajstić information content (AvgIpc) is 2.33. The van der Waals surface area contributed by atoms with Gasteiger partial charge < -0.3 is 0 Å². The number of benzene rings is 1. The van der Waals surface area contributed by atoms with Crippen LogP contribution >= 0.6 is 23.2 Å². The zero-order valence-corrected chi connectivity index (χ0v) is 10.9. The van der Waals surface area contributed by atoms with Crippen molar-refractivity contribution in [3.63, 3.8) is 0 Å². The smallest absolute Gasteiger partial charge is 0.192 e. The molecule has 0 heterocycles. The number of carbonyl (C=O) groups is 1. The molecular weight excluding hydrogens is 255 g/mol. The van der Waals surface area contributed by atoms with E-state index in [1.165, 1.54) is 0 Å². The predicted octanol–water partition coefficient (Wildman–Crippen LogP) is 3.97. The van der Waals surface area contributed by atoms with Crippen LogP contribution in [-0.2, 0) is 0 Å². The molecule has 1 aromatic rings. The standard InChI is InChI=1S/C14H12Cl2O/c1-14(16)8-7-11(9-12(14)15)13(17)10-5-3-2-4-6-10/h2-9,12H,1H3. The number of carbonyl (C=O) groups excluding carboxylic acids is 1. The van der Waals surface area contributed by atoms with E-state index in [2.05, 4.69) is 0 Å². The highest BCUT2D eigenvalue weighted by molar-refractivity contribution is 6.34. The van der Waals surface area contributed by atoms with Gasteiger partial charge in [0.05, 0.1) is 10.3 Å². The highest BCUT2D eigenvalue weighted by Crippen LogP contribution is 2.32. The van der Waals surface area contributed by atoms with E-state index in [4.69, 9.17) is 23.2 Å². The van der Waals surface area contributed by atoms with Gasteiger partial charge in [0.25, 0.3) is 0 Å². The zero-order valence-electron chi connectivity index (χ0n) is 9.36. The first kappa shape index (κ1) is 12.4. The van der Waals surface area contributed by atoms with Crippen LogP contribution in [0.4, 0.5) is 0 Å². The summed E-state index contributed by atoms with van der Waals surface area (Å²) in [5, 5.41) is -0.378. The van der Waals surface area contributed by atoms with E-state index in [0.717, 1.165) is 0 Å². The number of hydrogen-bond acceptors (Lipinski definition) is 1. The van der Waals surface area contributed by atoms with Gasteiger partial charge in [-0.3, -0.25) is 4.79 Å². The maximum atomic E-state index is 12.1. The molecule has 1 aliphatic rings. The number of allylic oxidation sites excluding steroid dienone is 4. The van der Waals surface area contributed by atoms with Gasteiger partial charge in [-0.05, 0) is 6.92 Å². The molecule has 1 nitrogen and oxygen atoms in total. The highest BCUT2D eigenvalue weighted by Gasteiger charge is 2.30. The molecule has 0 saturated carbocycles. The van der Waals surface area contributed by atoms with E-state index in [9.17, 15) is 4.79 Å². The molecule has 0 aliphatic heterocycles. The van der Waals surface area contributed by atoms with Gasteiger partial charge in [-0.2, -0.15) is 0 Å². The van der Waals surface area contributed by atoms with Gasteiger partial charge in [0.2, 0.25) is 0 Å². The van der Waals surface area contributed by atoms with Crippen LogP contribution in [0.15, 0.2) is 54.1 Å². The first-order valence-corrected chi connectivity index (χ1v) is 6.16. The van der Waals surface area contributed by atoms with Crippen molar-refractivity contribution >= 4 is 29.0 Å². The minimum atomic E-state index is -0.623. The Morgan fingerprint density at radius 1 is 1.29 bits per heavy atom. The molecule has 0 fully saturated rings. The molecular formula is C14H12Cl2O. The lowest BCUT2D eigenvalue weighted by atomic mass is 9.93. The third-order valence-corrected chi connectivity index (χ3v) is 3.80. The zero-order chi connectivity index (χ0) is 12.5. The minimum absolute atomic E-state index is 0.0281. The van der Waals surface area contributed by atoms with E-state index >= 15 is 0 Å². The Labute approximate surface area is 111 Å². The summed E-state index contributed by atoms with van der Waals surface area (Å²) in [4.78, 5) is 11.5. The van der Waals surface area contributed by atoms with Crippen LogP contribution in [-0.4, -0.2) is 16.0 Å². The molecule has 0 saturated heterocycles. The molecule has 0 bridgehead atoms. The van der Waals surface area contributed by atoms with Crippen molar-refractivity contribution in [2.45, 2.75) is 17.2 Å². The van der Waals surface area contributed by atoms with Crippen molar-refractivity contribution in [1.29, 1.82) is 0 Å². The third-order valence-electron chi connectivity index (χ3n) is 2.75. The van der Waals surface area contributed by atoms with Crippen LogP contribution in [0.25, 0.3) is 0 Å². The topological polar surface area (TPSA) is 17.1 Å². The maximum Gasteiger partial charge on any atom is 0.192 e. The third kappa shape index (κ3) is 2.62. The monoisotopic (exact) mass is 266 g/mol. The molecule has 17 heavy (non-hydrogen) atoms. The fourth-order valence-electron chi connectivity index (χ4n) is 1.63. The molecule has 0 spiro atoms. The molecule has 2 atom stereocenters. The van der Waals surface area contributed by atoms with Gasteiger partial charge in [-0.15, -0.1) is 23.2 Å². The summed E-state index contributed by atoms with van der Waals surface area (Å²) in [5.41, 5.74) is 1.25. The van der Waals surface area contributed by atoms with Gasteiger partial charge >= 0.3 is 0 Å². The summed E-state index contributed by atoms with van der Waals surface area (Å²) in [6.45, 7) is 1.82. The normalized spacial score (nSPS) is 27.7. The Kier molecular flexibility index (Phi) is 3.41. The average molecular weight is 267 g/mol. The van der Waals surface area contributed by atoms with Crippen molar-refractivity contribution in [2.75, 3.05) is 0 Å². The molecule has 88 valence electrons. The molecule has 0 amide bonds. The fraction of sp³-hybridized carbons (Fsp3) is 0.214. The lowest BCUT2D eigenvalue weighted by molar-refractivity contribution is 0.103. The molecule has 0 aromatic heterocycles. The Hall–Kier alpha value is -1.05. The van der Waals surface area contributed by atoms with Crippen molar-refractivity contribution < 1.29 is 4.79 Å². The molecule has 3 heteroatoms. The second-order valence-corrected chi connectivity index (χ2v) is 5.49. The van der Waals surface area contributed by atoms with E-state index < -0.39 is 4.87 Å². The Balaban J connectivity index is 2.27. The summed E-state index contributed by atoms with van der Waals surface area (Å²) in [7, 11) is 0. The summed E-state index contributed by atoms with van der Waals surface area (Å²) in [5.74, 6) is -0.0281. The van der Waals surface area contributed by atoms with E-state index in [1.807, 2.05) is 25.1 Å². The summed E-state index contributed by atoms with van der Waals surface area (Å²) in [6, 6.07) is 9.12. The second-order valence-electron chi connectivity index (χ2n) is 4.20. The Morgan fingerprint density at radius 3 is 2.53 bits per heavy atom. The molecule has 2 rings (SSSR count). The van der Waals surface area contributed by atoms with Crippen molar-refractivity contribution in [3.8, 4) is 0 Å². The minimum Gasteiger partial charge on any atom is -0.289 e. The number of hydrogen-bond donors (Lipinski definition) is 0. The molecule has 2 unspecified atom stereocenters. The van der Waals surface area contributed by atoms with Crippen molar-refractivity contribution in [1.82, 2.24) is 0 Å². The van der Waals surface area contributed by atoms with Crippen LogP contribution in [0.3, 0.4) is 0 Å². The predicted molar refractivity (Wildman–Crippen MR) is 71.9 cm³/mol. The molecule has 0 N–H and O–H groups in total. The van der Waals surface area contributed by atoms with E-state index in [1.54, 1.807) is 30.4 Å². The lowest BCUT2D eigenvalue weighted by Gasteiger charge is -2.25. The number of rotatable bonds is 2. The number of alkyl halides is 2. The van der Waals surface area contributed by atoms with Crippen LogP contribution < -0.4 is 0 Å². The quantitative estimate of drug-likeness (QED) is 0.585. The first-order valence-electron chi connectivity index (χ1n) is 5.34. The molecule has 0 radical (unpaired) electrons. The van der Waals surface area contributed by atoms with Gasteiger partial charge in [0.1, 0.15) is 0 Å². The second kappa shape index (κ2) is 4.67. The summed E-state index contributed by atoms with van der Waals surface area (Å²) < 4.78 is 0. The van der Waals surface area contributed by atoms with E-state index in [-0.39, 0.29) is 11.2 Å². The van der Waals surface area contributed by atoms with E-state index in [0.29, 0.717) is 11.1 Å². The van der Waals surface area contributed by atoms with Crippen LogP contribution in [0.1, 0.15) is 17.3 Å². The maximum absolute atomic E-state index is 12.1. The Morgan fingerprint density at radius 2 is 1.94 bits per heavy atom. The molecule has 1 aliphatic carbocycles.